The highest BCUT2D eigenvalue weighted by Crippen LogP contribution is 2.38. The van der Waals surface area contributed by atoms with Gasteiger partial charge in [-0.3, -0.25) is 0 Å². The van der Waals surface area contributed by atoms with Crippen molar-refractivity contribution in [2.45, 2.75) is 26.4 Å². The van der Waals surface area contributed by atoms with Gasteiger partial charge in [0.05, 0.1) is 23.8 Å². The predicted octanol–water partition coefficient (Wildman–Crippen LogP) is 4.63. The summed E-state index contributed by atoms with van der Waals surface area (Å²) in [6.07, 6.45) is -4.39. The minimum absolute atomic E-state index is 0.0740. The first-order valence-corrected chi connectivity index (χ1v) is 8.61. The Morgan fingerprint density at radius 1 is 1.18 bits per heavy atom. The zero-order chi connectivity index (χ0) is 20.5. The van der Waals surface area contributed by atoms with Gasteiger partial charge in [-0.05, 0) is 43.2 Å². The number of hydrogen-bond acceptors (Lipinski definition) is 4. The third-order valence-corrected chi connectivity index (χ3v) is 4.29. The van der Waals surface area contributed by atoms with Crippen LogP contribution in [0.4, 0.5) is 13.2 Å². The molecular weight excluding hydrogens is 371 g/mol. The second-order valence-electron chi connectivity index (χ2n) is 5.98. The molecule has 144 valence electrons. The average Bonchev–Trinajstić information content (AvgIpc) is 3.09. The smallest absolute Gasteiger partial charge is 0.436 e. The van der Waals surface area contributed by atoms with Crippen LogP contribution in [0.1, 0.15) is 41.2 Å². The molecule has 0 atom stereocenters. The normalized spacial score (nSPS) is 11.4. The lowest BCUT2D eigenvalue weighted by atomic mass is 9.97. The first-order valence-electron chi connectivity index (χ1n) is 8.61. The van der Waals surface area contributed by atoms with E-state index in [-0.39, 0.29) is 12.2 Å². The fraction of sp³-hybridized carbons (Fsp3) is 0.250. The van der Waals surface area contributed by atoms with E-state index < -0.39 is 23.4 Å². The molecule has 0 unspecified atom stereocenters. The second kappa shape index (κ2) is 7.35. The number of carbonyl (C=O) groups is 1. The van der Waals surface area contributed by atoms with E-state index in [0.29, 0.717) is 28.8 Å². The Hall–Kier alpha value is -3.34. The molecule has 0 radical (unpaired) electrons. The lowest BCUT2D eigenvalue weighted by Crippen LogP contribution is -2.21. The molecule has 0 N–H and O–H groups in total. The standard InChI is InChI=1S/C20H16F3N3O2/c1-3-14-9-10-15-16(13-7-5-12(11-24)6-8-13)17(19(27)28-4-2)18(20(21,22)23)25-26(14)15/h5-10H,3-4H2,1-2H3. The number of aryl methyl sites for hydroxylation is 1. The number of halogens is 3. The van der Waals surface area contributed by atoms with E-state index in [2.05, 4.69) is 5.10 Å². The van der Waals surface area contributed by atoms with E-state index in [0.717, 1.165) is 0 Å². The number of aromatic nitrogens is 2. The number of fused-ring (bicyclic) bond motifs is 1. The highest BCUT2D eigenvalue weighted by atomic mass is 19.4. The van der Waals surface area contributed by atoms with Gasteiger partial charge in [-0.2, -0.15) is 23.5 Å². The van der Waals surface area contributed by atoms with Crippen LogP contribution in [0.5, 0.6) is 0 Å². The van der Waals surface area contributed by atoms with E-state index in [1.165, 1.54) is 35.7 Å². The molecule has 0 amide bonds. The summed E-state index contributed by atoms with van der Waals surface area (Å²) in [5.74, 6) is -1.09. The van der Waals surface area contributed by atoms with Crippen molar-refractivity contribution in [3.05, 3.63) is 58.9 Å². The summed E-state index contributed by atoms with van der Waals surface area (Å²) in [7, 11) is 0. The molecule has 0 aliphatic carbocycles. The predicted molar refractivity (Wildman–Crippen MR) is 95.7 cm³/mol. The molecule has 0 fully saturated rings. The number of nitrogens with zero attached hydrogens (tertiary/aromatic N) is 3. The van der Waals surface area contributed by atoms with Gasteiger partial charge in [0.1, 0.15) is 5.56 Å². The summed E-state index contributed by atoms with van der Waals surface area (Å²) in [6.45, 7) is 3.25. The lowest BCUT2D eigenvalue weighted by molar-refractivity contribution is -0.142. The topological polar surface area (TPSA) is 67.4 Å². The fourth-order valence-corrected chi connectivity index (χ4v) is 3.05. The maximum absolute atomic E-state index is 13.8. The van der Waals surface area contributed by atoms with Gasteiger partial charge in [-0.15, -0.1) is 0 Å². The number of ether oxygens (including phenoxy) is 1. The summed E-state index contributed by atoms with van der Waals surface area (Å²) in [5, 5.41) is 12.7. The van der Waals surface area contributed by atoms with Crippen molar-refractivity contribution in [3.63, 3.8) is 0 Å². The van der Waals surface area contributed by atoms with Crippen LogP contribution in [-0.4, -0.2) is 22.2 Å². The van der Waals surface area contributed by atoms with E-state index in [1.54, 1.807) is 19.1 Å². The SMILES string of the molecule is CCOC(=O)c1c(C(F)(F)F)nn2c(CC)ccc2c1-c1ccc(C#N)cc1. The maximum atomic E-state index is 13.8. The van der Waals surface area contributed by atoms with Crippen molar-refractivity contribution in [2.75, 3.05) is 6.61 Å². The summed E-state index contributed by atoms with van der Waals surface area (Å²) in [5.41, 5.74) is -0.211. The summed E-state index contributed by atoms with van der Waals surface area (Å²) in [6, 6.07) is 11.2. The highest BCUT2D eigenvalue weighted by Gasteiger charge is 2.41. The van der Waals surface area contributed by atoms with Gasteiger partial charge in [-0.1, -0.05) is 19.1 Å². The summed E-state index contributed by atoms with van der Waals surface area (Å²) >= 11 is 0. The van der Waals surface area contributed by atoms with E-state index in [1.807, 2.05) is 6.07 Å². The third kappa shape index (κ3) is 3.31. The zero-order valence-corrected chi connectivity index (χ0v) is 15.2. The Kier molecular flexibility index (Phi) is 5.10. The molecule has 1 aromatic carbocycles. The van der Waals surface area contributed by atoms with Crippen molar-refractivity contribution in [3.8, 4) is 17.2 Å². The van der Waals surface area contributed by atoms with Crippen LogP contribution in [0.25, 0.3) is 16.6 Å². The molecule has 2 heterocycles. The molecular formula is C20H16F3N3O2. The molecule has 0 aliphatic rings. The van der Waals surface area contributed by atoms with Gasteiger partial charge in [0.25, 0.3) is 0 Å². The zero-order valence-electron chi connectivity index (χ0n) is 15.2. The van der Waals surface area contributed by atoms with Crippen LogP contribution in [0.3, 0.4) is 0 Å². The quantitative estimate of drug-likeness (QED) is 0.612. The molecule has 28 heavy (non-hydrogen) atoms. The van der Waals surface area contributed by atoms with Crippen LogP contribution in [0.2, 0.25) is 0 Å². The van der Waals surface area contributed by atoms with Crippen LogP contribution >= 0.6 is 0 Å². The van der Waals surface area contributed by atoms with Crippen LogP contribution in [0.15, 0.2) is 36.4 Å². The van der Waals surface area contributed by atoms with Crippen LogP contribution in [0, 0.1) is 11.3 Å². The Bertz CT molecular complexity index is 1080. The van der Waals surface area contributed by atoms with E-state index >= 15 is 0 Å². The van der Waals surface area contributed by atoms with Gasteiger partial charge in [0.15, 0.2) is 5.69 Å². The number of benzene rings is 1. The van der Waals surface area contributed by atoms with E-state index in [4.69, 9.17) is 10.00 Å². The summed E-state index contributed by atoms with van der Waals surface area (Å²) < 4.78 is 47.5. The molecule has 5 nitrogen and oxygen atoms in total. The van der Waals surface area contributed by atoms with Crippen molar-refractivity contribution < 1.29 is 22.7 Å². The average molecular weight is 387 g/mol. The van der Waals surface area contributed by atoms with E-state index in [9.17, 15) is 18.0 Å². The second-order valence-corrected chi connectivity index (χ2v) is 5.98. The molecule has 2 aromatic heterocycles. The van der Waals surface area contributed by atoms with Gasteiger partial charge in [-0.25, -0.2) is 9.31 Å². The molecule has 0 aliphatic heterocycles. The third-order valence-electron chi connectivity index (χ3n) is 4.29. The van der Waals surface area contributed by atoms with Gasteiger partial charge in [0, 0.05) is 11.3 Å². The van der Waals surface area contributed by atoms with Gasteiger partial charge in [0.2, 0.25) is 0 Å². The Morgan fingerprint density at radius 3 is 2.39 bits per heavy atom. The molecule has 0 spiro atoms. The molecule has 8 heteroatoms. The highest BCUT2D eigenvalue weighted by molar-refractivity contribution is 6.03. The van der Waals surface area contributed by atoms with Crippen molar-refractivity contribution in [2.24, 2.45) is 0 Å². The molecule has 0 bridgehead atoms. The Morgan fingerprint density at radius 2 is 1.86 bits per heavy atom. The van der Waals surface area contributed by atoms with Crippen LogP contribution in [-0.2, 0) is 17.3 Å². The van der Waals surface area contributed by atoms with Crippen molar-refractivity contribution in [1.29, 1.82) is 5.26 Å². The minimum Gasteiger partial charge on any atom is -0.462 e. The molecule has 3 rings (SSSR count). The monoisotopic (exact) mass is 387 g/mol. The molecule has 0 saturated carbocycles. The maximum Gasteiger partial charge on any atom is 0.436 e. The number of rotatable bonds is 4. The number of alkyl halides is 3. The fourth-order valence-electron chi connectivity index (χ4n) is 3.05. The van der Waals surface area contributed by atoms with Gasteiger partial charge >= 0.3 is 12.1 Å². The number of esters is 1. The first kappa shape index (κ1) is 19.4. The number of carbonyl (C=O) groups excluding carboxylic acids is 1. The van der Waals surface area contributed by atoms with Crippen LogP contribution < -0.4 is 0 Å². The van der Waals surface area contributed by atoms with Crippen molar-refractivity contribution >= 4 is 11.5 Å². The minimum atomic E-state index is -4.85. The Balaban J connectivity index is 2.46. The first-order chi connectivity index (χ1) is 13.3. The Labute approximate surface area is 159 Å². The lowest BCUT2D eigenvalue weighted by Gasteiger charge is -2.17. The number of hydrogen-bond donors (Lipinski definition) is 0. The van der Waals surface area contributed by atoms with Crippen molar-refractivity contribution in [1.82, 2.24) is 9.61 Å². The van der Waals surface area contributed by atoms with Gasteiger partial charge < -0.3 is 4.74 Å². The molecule has 3 aromatic rings. The summed E-state index contributed by atoms with van der Waals surface area (Å²) in [4.78, 5) is 12.5. The largest absolute Gasteiger partial charge is 0.462 e. The number of nitriles is 1. The molecule has 0 saturated heterocycles.